The highest BCUT2D eigenvalue weighted by atomic mass is 16.4. The van der Waals surface area contributed by atoms with Gasteiger partial charge in [0.05, 0.1) is 12.2 Å². The third kappa shape index (κ3) is 3.03. The molecule has 0 aromatic heterocycles. The summed E-state index contributed by atoms with van der Waals surface area (Å²) in [7, 11) is 0. The summed E-state index contributed by atoms with van der Waals surface area (Å²) in [6, 6.07) is 0. The van der Waals surface area contributed by atoms with Gasteiger partial charge in [-0.2, -0.15) is 0 Å². The zero-order valence-corrected chi connectivity index (χ0v) is 18.9. The van der Waals surface area contributed by atoms with Gasteiger partial charge in [-0.25, -0.2) is 0 Å². The monoisotopic (exact) mass is 406 g/mol. The second-order valence-electron chi connectivity index (χ2n) is 11.9. The molecule has 0 spiro atoms. The third-order valence-electron chi connectivity index (χ3n) is 11.1. The van der Waals surface area contributed by atoms with E-state index in [1.54, 1.807) is 0 Å². The van der Waals surface area contributed by atoms with E-state index in [-0.39, 0.29) is 34.9 Å². The number of fused-ring (bicyclic) bond motifs is 5. The summed E-state index contributed by atoms with van der Waals surface area (Å²) in [5.74, 6) is 1.82. The van der Waals surface area contributed by atoms with Gasteiger partial charge in [-0.1, -0.05) is 27.7 Å². The normalized spacial score (nSPS) is 52.9. The van der Waals surface area contributed by atoms with Gasteiger partial charge in [0.2, 0.25) is 0 Å². The van der Waals surface area contributed by atoms with Gasteiger partial charge in [0.1, 0.15) is 0 Å². The molecule has 4 aliphatic carbocycles. The number of rotatable bonds is 4. The molecule has 29 heavy (non-hydrogen) atoms. The molecule has 4 nitrogen and oxygen atoms in total. The molecule has 0 aromatic rings. The fourth-order valence-corrected chi connectivity index (χ4v) is 9.17. The van der Waals surface area contributed by atoms with Crippen LogP contribution in [0.2, 0.25) is 0 Å². The number of aliphatic carboxylic acids is 1. The second kappa shape index (κ2) is 7.22. The van der Waals surface area contributed by atoms with Crippen molar-refractivity contribution in [3.63, 3.8) is 0 Å². The Bertz CT molecular complexity index is 649. The molecule has 4 rings (SSSR count). The standard InChI is InChI=1S/C25H42O4/c1-15(5-10-22(28)29)18-8-9-20-19-7-6-16-13-17(26)11-12-23(16,2)24(19,3)14-21(27)25(18,20)4/h15-21,26-27H,5-14H2,1-4H3,(H,28,29)/t15-,16-,17-,18-,19+,20+,21+,23+,24+,25-/m1/s1. The molecule has 4 heteroatoms. The molecule has 4 aliphatic rings. The lowest BCUT2D eigenvalue weighted by Gasteiger charge is -2.68. The van der Waals surface area contributed by atoms with Gasteiger partial charge in [-0.05, 0) is 104 Å². The SMILES string of the molecule is C[C@H](CCC(=O)O)[C@H]1CC[C@H]2[C@@H]3CC[C@@H]4C[C@H](O)CC[C@]4(C)[C@@]3(C)C[C@H](O)[C@]12C. The molecule has 0 amide bonds. The summed E-state index contributed by atoms with van der Waals surface area (Å²) in [6.07, 6.45) is 9.05. The number of aliphatic hydroxyl groups is 2. The molecule has 166 valence electrons. The van der Waals surface area contributed by atoms with E-state index in [9.17, 15) is 15.0 Å². The van der Waals surface area contributed by atoms with Crippen molar-refractivity contribution >= 4 is 5.97 Å². The molecule has 3 N–H and O–H groups in total. The predicted octanol–water partition coefficient (Wildman–Crippen LogP) is 4.87. The first-order valence-corrected chi connectivity index (χ1v) is 12.1. The Hall–Kier alpha value is -0.610. The molecule has 0 heterocycles. The van der Waals surface area contributed by atoms with Crippen LogP contribution in [0.3, 0.4) is 0 Å². The van der Waals surface area contributed by atoms with Crippen LogP contribution >= 0.6 is 0 Å². The van der Waals surface area contributed by atoms with E-state index in [4.69, 9.17) is 5.11 Å². The van der Waals surface area contributed by atoms with E-state index in [1.165, 1.54) is 19.3 Å². The number of hydrogen-bond acceptors (Lipinski definition) is 3. The summed E-state index contributed by atoms with van der Waals surface area (Å²) in [6.45, 7) is 9.47. The zero-order valence-electron chi connectivity index (χ0n) is 18.9. The fourth-order valence-electron chi connectivity index (χ4n) is 9.17. The van der Waals surface area contributed by atoms with Gasteiger partial charge in [0.15, 0.2) is 0 Å². The van der Waals surface area contributed by atoms with Gasteiger partial charge < -0.3 is 15.3 Å². The van der Waals surface area contributed by atoms with Crippen molar-refractivity contribution < 1.29 is 20.1 Å². The Labute approximate surface area is 176 Å². The molecule has 4 fully saturated rings. The summed E-state index contributed by atoms with van der Waals surface area (Å²) in [5, 5.41) is 31.0. The summed E-state index contributed by atoms with van der Waals surface area (Å²) < 4.78 is 0. The minimum atomic E-state index is -0.709. The van der Waals surface area contributed by atoms with Crippen molar-refractivity contribution in [1.29, 1.82) is 0 Å². The van der Waals surface area contributed by atoms with E-state index in [1.807, 2.05) is 0 Å². The fraction of sp³-hybridized carbons (Fsp3) is 0.960. The predicted molar refractivity (Wildman–Crippen MR) is 113 cm³/mol. The van der Waals surface area contributed by atoms with Crippen molar-refractivity contribution in [2.24, 2.45) is 45.8 Å². The van der Waals surface area contributed by atoms with Crippen molar-refractivity contribution in [1.82, 2.24) is 0 Å². The molecule has 0 saturated heterocycles. The second-order valence-corrected chi connectivity index (χ2v) is 11.9. The van der Waals surface area contributed by atoms with E-state index >= 15 is 0 Å². The lowest BCUT2D eigenvalue weighted by molar-refractivity contribution is -0.222. The summed E-state index contributed by atoms with van der Waals surface area (Å²) in [5.41, 5.74) is 0.267. The quantitative estimate of drug-likeness (QED) is 0.622. The lowest BCUT2D eigenvalue weighted by Crippen LogP contribution is -2.63. The van der Waals surface area contributed by atoms with Crippen LogP contribution in [0.4, 0.5) is 0 Å². The van der Waals surface area contributed by atoms with Crippen LogP contribution in [0.15, 0.2) is 0 Å². The van der Waals surface area contributed by atoms with Crippen molar-refractivity contribution in [2.45, 2.75) is 104 Å². The average Bonchev–Trinajstić information content (AvgIpc) is 3.00. The maximum atomic E-state index is 11.6. The van der Waals surface area contributed by atoms with Crippen LogP contribution in [0.25, 0.3) is 0 Å². The van der Waals surface area contributed by atoms with Gasteiger partial charge in [-0.3, -0.25) is 4.79 Å². The largest absolute Gasteiger partial charge is 0.481 e. The molecular weight excluding hydrogens is 364 g/mol. The van der Waals surface area contributed by atoms with Crippen molar-refractivity contribution in [3.8, 4) is 0 Å². The number of hydrogen-bond donors (Lipinski definition) is 3. The highest BCUT2D eigenvalue weighted by Crippen LogP contribution is 2.73. The molecule has 0 bridgehead atoms. The summed E-state index contributed by atoms with van der Waals surface area (Å²) in [4.78, 5) is 11.1. The minimum Gasteiger partial charge on any atom is -0.481 e. The molecule has 10 atom stereocenters. The van der Waals surface area contributed by atoms with Crippen LogP contribution in [-0.2, 0) is 4.79 Å². The number of carbonyl (C=O) groups is 1. The molecule has 4 saturated carbocycles. The van der Waals surface area contributed by atoms with E-state index < -0.39 is 5.97 Å². The van der Waals surface area contributed by atoms with Gasteiger partial charge in [-0.15, -0.1) is 0 Å². The molecule has 0 aromatic carbocycles. The number of carboxylic acids is 1. The Morgan fingerprint density at radius 2 is 1.69 bits per heavy atom. The molecule has 0 unspecified atom stereocenters. The zero-order chi connectivity index (χ0) is 21.2. The smallest absolute Gasteiger partial charge is 0.303 e. The minimum absolute atomic E-state index is 0.0839. The van der Waals surface area contributed by atoms with Gasteiger partial charge in [0, 0.05) is 6.42 Å². The third-order valence-corrected chi connectivity index (χ3v) is 11.1. The number of aliphatic hydroxyl groups excluding tert-OH is 2. The van der Waals surface area contributed by atoms with Crippen molar-refractivity contribution in [2.75, 3.05) is 0 Å². The maximum absolute atomic E-state index is 11.6. The Balaban J connectivity index is 1.62. The maximum Gasteiger partial charge on any atom is 0.303 e. The lowest BCUT2D eigenvalue weighted by atomic mass is 9.37. The first-order chi connectivity index (χ1) is 13.5. The van der Waals surface area contributed by atoms with Crippen molar-refractivity contribution in [3.05, 3.63) is 0 Å². The highest BCUT2D eigenvalue weighted by molar-refractivity contribution is 5.66. The van der Waals surface area contributed by atoms with Crippen LogP contribution in [-0.4, -0.2) is 33.5 Å². The van der Waals surface area contributed by atoms with E-state index in [2.05, 4.69) is 27.7 Å². The Kier molecular flexibility index (Phi) is 5.38. The first-order valence-electron chi connectivity index (χ1n) is 12.1. The van der Waals surface area contributed by atoms with Crippen LogP contribution < -0.4 is 0 Å². The summed E-state index contributed by atoms with van der Waals surface area (Å²) >= 11 is 0. The van der Waals surface area contributed by atoms with Crippen LogP contribution in [0.1, 0.15) is 91.9 Å². The molecule has 0 radical (unpaired) electrons. The Morgan fingerprint density at radius 1 is 1.00 bits per heavy atom. The topological polar surface area (TPSA) is 77.8 Å². The van der Waals surface area contributed by atoms with Gasteiger partial charge >= 0.3 is 5.97 Å². The number of carboxylic acid groups (broad SMARTS) is 1. The van der Waals surface area contributed by atoms with E-state index in [0.717, 1.165) is 32.1 Å². The van der Waals surface area contributed by atoms with Crippen LogP contribution in [0.5, 0.6) is 0 Å². The Morgan fingerprint density at radius 3 is 2.38 bits per heavy atom. The van der Waals surface area contributed by atoms with Gasteiger partial charge in [0.25, 0.3) is 0 Å². The van der Waals surface area contributed by atoms with E-state index in [0.29, 0.717) is 36.0 Å². The highest BCUT2D eigenvalue weighted by Gasteiger charge is 2.68. The van der Waals surface area contributed by atoms with Crippen LogP contribution in [0, 0.1) is 45.8 Å². The molecule has 0 aliphatic heterocycles. The first kappa shape index (κ1) is 21.6. The molecular formula is C25H42O4. The average molecular weight is 407 g/mol.